The lowest BCUT2D eigenvalue weighted by Gasteiger charge is -2.14. The van der Waals surface area contributed by atoms with Crippen LogP contribution in [0.3, 0.4) is 0 Å². The van der Waals surface area contributed by atoms with Gasteiger partial charge in [0.15, 0.2) is 0 Å². The molecule has 3 nitrogen and oxygen atoms in total. The van der Waals surface area contributed by atoms with Gasteiger partial charge in [0, 0.05) is 0 Å². The predicted molar refractivity (Wildman–Crippen MR) is 61.3 cm³/mol. The molecular formula is C10H17BrN2O. The van der Waals surface area contributed by atoms with Gasteiger partial charge in [-0.15, -0.1) is 0 Å². The minimum absolute atomic E-state index is 0.858. The molecule has 0 saturated heterocycles. The molecule has 0 unspecified atom stereocenters. The topological polar surface area (TPSA) is 28.4 Å². The van der Waals surface area contributed by atoms with Crippen LogP contribution in [0.15, 0.2) is 21.2 Å². The molecule has 14 heavy (non-hydrogen) atoms. The van der Waals surface area contributed by atoms with E-state index in [1.807, 2.05) is 13.1 Å². The average molecular weight is 261 g/mol. The number of furan rings is 1. The van der Waals surface area contributed by atoms with Gasteiger partial charge in [0.1, 0.15) is 5.76 Å². The molecule has 0 saturated carbocycles. The molecule has 0 fully saturated rings. The first-order valence-electron chi connectivity index (χ1n) is 4.79. The third kappa shape index (κ3) is 3.82. The van der Waals surface area contributed by atoms with E-state index in [1.165, 1.54) is 0 Å². The monoisotopic (exact) mass is 260 g/mol. The first-order chi connectivity index (χ1) is 6.74. The fourth-order valence-electron chi connectivity index (χ4n) is 1.29. The second-order valence-corrected chi connectivity index (χ2v) is 4.24. The van der Waals surface area contributed by atoms with Gasteiger partial charge in [0.2, 0.25) is 0 Å². The van der Waals surface area contributed by atoms with Crippen molar-refractivity contribution in [2.45, 2.75) is 13.0 Å². The van der Waals surface area contributed by atoms with Crippen LogP contribution in [0.5, 0.6) is 0 Å². The number of hydrogen-bond acceptors (Lipinski definition) is 3. The molecule has 0 atom stereocenters. The van der Waals surface area contributed by atoms with Gasteiger partial charge in [0.25, 0.3) is 0 Å². The highest BCUT2D eigenvalue weighted by molar-refractivity contribution is 9.10. The van der Waals surface area contributed by atoms with Crippen LogP contribution in [0.1, 0.15) is 12.2 Å². The van der Waals surface area contributed by atoms with Crippen molar-refractivity contribution in [3.63, 3.8) is 0 Å². The van der Waals surface area contributed by atoms with Gasteiger partial charge in [0.05, 0.1) is 17.3 Å². The summed E-state index contributed by atoms with van der Waals surface area (Å²) in [6, 6.07) is 1.93. The molecule has 80 valence electrons. The molecule has 1 N–H and O–H groups in total. The summed E-state index contributed by atoms with van der Waals surface area (Å²) in [6.07, 6.45) is 2.87. The highest BCUT2D eigenvalue weighted by Gasteiger charge is 2.06. The Kier molecular flexibility index (Phi) is 5.22. The Morgan fingerprint density at radius 3 is 2.93 bits per heavy atom. The van der Waals surface area contributed by atoms with Crippen LogP contribution in [0.2, 0.25) is 0 Å². The van der Waals surface area contributed by atoms with Crippen LogP contribution in [-0.4, -0.2) is 32.1 Å². The Bertz CT molecular complexity index is 262. The van der Waals surface area contributed by atoms with E-state index >= 15 is 0 Å². The van der Waals surface area contributed by atoms with Gasteiger partial charge in [-0.3, -0.25) is 4.90 Å². The number of rotatable bonds is 6. The van der Waals surface area contributed by atoms with Crippen molar-refractivity contribution in [1.82, 2.24) is 10.2 Å². The standard InChI is InChI=1S/C10H17BrN2O/c1-12-5-3-6-13(2)8-10-9(11)4-7-14-10/h4,7,12H,3,5-6,8H2,1-2H3. The first kappa shape index (κ1) is 11.8. The summed E-state index contributed by atoms with van der Waals surface area (Å²) in [5, 5.41) is 3.13. The molecule has 0 aromatic carbocycles. The van der Waals surface area contributed by atoms with Crippen LogP contribution < -0.4 is 5.32 Å². The van der Waals surface area contributed by atoms with Crippen LogP contribution in [-0.2, 0) is 6.54 Å². The van der Waals surface area contributed by atoms with Crippen LogP contribution in [0.25, 0.3) is 0 Å². The smallest absolute Gasteiger partial charge is 0.131 e. The maximum Gasteiger partial charge on any atom is 0.131 e. The fourth-order valence-corrected chi connectivity index (χ4v) is 1.61. The zero-order valence-corrected chi connectivity index (χ0v) is 10.3. The van der Waals surface area contributed by atoms with E-state index in [2.05, 4.69) is 33.2 Å². The van der Waals surface area contributed by atoms with E-state index in [9.17, 15) is 0 Å². The number of halogens is 1. The molecule has 0 aliphatic carbocycles. The summed E-state index contributed by atoms with van der Waals surface area (Å²) in [7, 11) is 4.08. The van der Waals surface area contributed by atoms with Crippen molar-refractivity contribution in [1.29, 1.82) is 0 Å². The van der Waals surface area contributed by atoms with E-state index in [0.717, 1.165) is 36.3 Å². The number of hydrogen-bond donors (Lipinski definition) is 1. The predicted octanol–water partition coefficient (Wildman–Crippen LogP) is 2.08. The first-order valence-corrected chi connectivity index (χ1v) is 5.58. The van der Waals surface area contributed by atoms with Gasteiger partial charge < -0.3 is 9.73 Å². The Labute approximate surface area is 93.6 Å². The molecule has 1 aromatic heterocycles. The van der Waals surface area contributed by atoms with Gasteiger partial charge in [-0.1, -0.05) is 0 Å². The Morgan fingerprint density at radius 1 is 1.57 bits per heavy atom. The summed E-state index contributed by atoms with van der Waals surface area (Å²) in [4.78, 5) is 2.25. The minimum atomic E-state index is 0.858. The van der Waals surface area contributed by atoms with Crippen molar-refractivity contribution < 1.29 is 4.42 Å². The molecule has 4 heteroatoms. The van der Waals surface area contributed by atoms with E-state index in [0.29, 0.717) is 0 Å². The van der Waals surface area contributed by atoms with E-state index < -0.39 is 0 Å². The molecule has 1 rings (SSSR count). The molecule has 0 aliphatic rings. The molecule has 0 bridgehead atoms. The molecular weight excluding hydrogens is 244 g/mol. The number of nitrogens with one attached hydrogen (secondary N) is 1. The largest absolute Gasteiger partial charge is 0.467 e. The highest BCUT2D eigenvalue weighted by Crippen LogP contribution is 2.18. The minimum Gasteiger partial charge on any atom is -0.467 e. The zero-order chi connectivity index (χ0) is 10.4. The maximum atomic E-state index is 5.34. The second kappa shape index (κ2) is 6.22. The average Bonchev–Trinajstić information content (AvgIpc) is 2.52. The normalized spacial score (nSPS) is 11.1. The molecule has 0 amide bonds. The molecule has 1 heterocycles. The lowest BCUT2D eigenvalue weighted by Crippen LogP contribution is -2.22. The van der Waals surface area contributed by atoms with Crippen LogP contribution >= 0.6 is 15.9 Å². The summed E-state index contributed by atoms with van der Waals surface area (Å²) in [5.41, 5.74) is 0. The molecule has 1 aromatic rings. The second-order valence-electron chi connectivity index (χ2n) is 3.39. The number of nitrogens with zero attached hydrogens (tertiary/aromatic N) is 1. The Morgan fingerprint density at radius 2 is 2.36 bits per heavy atom. The molecule has 0 radical (unpaired) electrons. The Hall–Kier alpha value is -0.320. The van der Waals surface area contributed by atoms with E-state index in [4.69, 9.17) is 4.42 Å². The van der Waals surface area contributed by atoms with Crippen molar-refractivity contribution in [3.05, 3.63) is 22.6 Å². The summed E-state index contributed by atoms with van der Waals surface area (Å²) < 4.78 is 6.39. The lowest BCUT2D eigenvalue weighted by atomic mass is 10.3. The maximum absolute atomic E-state index is 5.34. The summed E-state index contributed by atoms with van der Waals surface area (Å²) >= 11 is 3.44. The van der Waals surface area contributed by atoms with Crippen LogP contribution in [0.4, 0.5) is 0 Å². The zero-order valence-electron chi connectivity index (χ0n) is 8.72. The van der Waals surface area contributed by atoms with Gasteiger partial charge >= 0.3 is 0 Å². The summed E-state index contributed by atoms with van der Waals surface area (Å²) in [6.45, 7) is 2.99. The summed E-state index contributed by atoms with van der Waals surface area (Å²) in [5.74, 6) is 0.997. The van der Waals surface area contributed by atoms with Gasteiger partial charge in [-0.2, -0.15) is 0 Å². The van der Waals surface area contributed by atoms with Crippen LogP contribution in [0, 0.1) is 0 Å². The van der Waals surface area contributed by atoms with Gasteiger partial charge in [-0.25, -0.2) is 0 Å². The van der Waals surface area contributed by atoms with Crippen molar-refractivity contribution in [2.75, 3.05) is 27.2 Å². The third-order valence-corrected chi connectivity index (χ3v) is 2.78. The van der Waals surface area contributed by atoms with Crippen molar-refractivity contribution >= 4 is 15.9 Å². The van der Waals surface area contributed by atoms with Gasteiger partial charge in [-0.05, 0) is 55.6 Å². The van der Waals surface area contributed by atoms with E-state index in [-0.39, 0.29) is 0 Å². The fraction of sp³-hybridized carbons (Fsp3) is 0.600. The molecule has 0 aliphatic heterocycles. The van der Waals surface area contributed by atoms with Crippen molar-refractivity contribution in [2.24, 2.45) is 0 Å². The van der Waals surface area contributed by atoms with E-state index in [1.54, 1.807) is 6.26 Å². The SMILES string of the molecule is CNCCCN(C)Cc1occc1Br. The highest BCUT2D eigenvalue weighted by atomic mass is 79.9. The lowest BCUT2D eigenvalue weighted by molar-refractivity contribution is 0.290. The third-order valence-electron chi connectivity index (χ3n) is 2.07. The Balaban J connectivity index is 2.27. The molecule has 0 spiro atoms. The van der Waals surface area contributed by atoms with Crippen molar-refractivity contribution in [3.8, 4) is 0 Å². The quantitative estimate of drug-likeness (QED) is 0.795.